The van der Waals surface area contributed by atoms with Gasteiger partial charge >= 0.3 is 0 Å². The molecule has 5 heteroatoms. The van der Waals surface area contributed by atoms with E-state index in [1.54, 1.807) is 11.2 Å². The van der Waals surface area contributed by atoms with Crippen molar-refractivity contribution in [3.63, 3.8) is 0 Å². The lowest BCUT2D eigenvalue weighted by molar-refractivity contribution is -0.926. The van der Waals surface area contributed by atoms with Crippen molar-refractivity contribution in [2.24, 2.45) is 0 Å². The van der Waals surface area contributed by atoms with Crippen molar-refractivity contribution >= 4 is 23.0 Å². The zero-order valence-corrected chi connectivity index (χ0v) is 17.5. The van der Waals surface area contributed by atoms with Crippen LogP contribution in [0.4, 0.5) is 5.69 Å². The molecule has 1 aromatic carbocycles. The number of thiocarbonyl (C=S) groups is 1. The van der Waals surface area contributed by atoms with Crippen molar-refractivity contribution in [1.82, 2.24) is 4.90 Å². The quantitative estimate of drug-likeness (QED) is 0.745. The molecule has 0 spiro atoms. The van der Waals surface area contributed by atoms with Gasteiger partial charge in [0, 0.05) is 24.6 Å². The number of quaternary nitrogens is 1. The lowest BCUT2D eigenvalue weighted by Crippen LogP contribution is -3.16. The Morgan fingerprint density at radius 1 is 1.22 bits per heavy atom. The summed E-state index contributed by atoms with van der Waals surface area (Å²) in [5.74, 6) is 0.958. The molecule has 0 bridgehead atoms. The number of nitrogens with zero attached hydrogens (tertiary/aromatic N) is 1. The zero-order valence-electron chi connectivity index (χ0n) is 16.7. The lowest BCUT2D eigenvalue weighted by Gasteiger charge is -2.39. The molecule has 146 valence electrons. The summed E-state index contributed by atoms with van der Waals surface area (Å²) in [4.78, 5) is 4.01. The first-order valence-electron chi connectivity index (χ1n) is 10.1. The van der Waals surface area contributed by atoms with E-state index >= 15 is 0 Å². The van der Waals surface area contributed by atoms with E-state index in [9.17, 15) is 0 Å². The highest BCUT2D eigenvalue weighted by molar-refractivity contribution is 7.80. The summed E-state index contributed by atoms with van der Waals surface area (Å²) >= 11 is 5.82. The molecular formula is C22H32N3OS+. The van der Waals surface area contributed by atoms with Crippen molar-refractivity contribution in [2.75, 3.05) is 18.4 Å². The SMILES string of the molecule is CCc1ccc(NC(=S)N(Cc2ccco2)C2CC[NH+](C(C)C)CC2)cc1. The third-order valence-electron chi connectivity index (χ3n) is 5.64. The summed E-state index contributed by atoms with van der Waals surface area (Å²) < 4.78 is 5.61. The van der Waals surface area contributed by atoms with Gasteiger partial charge in [0.2, 0.25) is 0 Å². The first-order chi connectivity index (χ1) is 13.1. The monoisotopic (exact) mass is 386 g/mol. The van der Waals surface area contributed by atoms with E-state index in [2.05, 4.69) is 55.3 Å². The molecular weight excluding hydrogens is 354 g/mol. The van der Waals surface area contributed by atoms with Crippen LogP contribution in [0.15, 0.2) is 47.1 Å². The van der Waals surface area contributed by atoms with Crippen LogP contribution in [-0.4, -0.2) is 35.2 Å². The van der Waals surface area contributed by atoms with Crippen LogP contribution in [-0.2, 0) is 13.0 Å². The van der Waals surface area contributed by atoms with Crippen molar-refractivity contribution in [3.05, 3.63) is 54.0 Å². The molecule has 0 unspecified atom stereocenters. The second kappa shape index (κ2) is 9.38. The molecule has 27 heavy (non-hydrogen) atoms. The van der Waals surface area contributed by atoms with Gasteiger partial charge in [-0.05, 0) is 62.3 Å². The minimum Gasteiger partial charge on any atom is -0.467 e. The summed E-state index contributed by atoms with van der Waals surface area (Å²) in [5, 5.41) is 4.23. The smallest absolute Gasteiger partial charge is 0.174 e. The molecule has 2 aromatic rings. The van der Waals surface area contributed by atoms with E-state index in [-0.39, 0.29) is 0 Å². The van der Waals surface area contributed by atoms with Gasteiger partial charge in [0.25, 0.3) is 0 Å². The number of aryl methyl sites for hydroxylation is 1. The van der Waals surface area contributed by atoms with Gasteiger partial charge in [-0.2, -0.15) is 0 Å². The minimum atomic E-state index is 0.451. The molecule has 0 saturated carbocycles. The number of benzene rings is 1. The molecule has 1 fully saturated rings. The third-order valence-corrected chi connectivity index (χ3v) is 5.97. The van der Waals surface area contributed by atoms with E-state index in [0.29, 0.717) is 18.6 Å². The number of nitrogens with one attached hydrogen (secondary N) is 2. The van der Waals surface area contributed by atoms with Gasteiger partial charge in [0.15, 0.2) is 5.11 Å². The van der Waals surface area contributed by atoms with Crippen LogP contribution in [0.25, 0.3) is 0 Å². The normalized spacial score (nSPS) is 19.9. The van der Waals surface area contributed by atoms with E-state index in [0.717, 1.165) is 35.8 Å². The Hall–Kier alpha value is -1.85. The Bertz CT molecular complexity index is 704. The number of hydrogen-bond acceptors (Lipinski definition) is 2. The highest BCUT2D eigenvalue weighted by Gasteiger charge is 2.30. The van der Waals surface area contributed by atoms with Crippen LogP contribution in [0, 0.1) is 0 Å². The zero-order chi connectivity index (χ0) is 19.2. The van der Waals surface area contributed by atoms with Crippen LogP contribution in [0.3, 0.4) is 0 Å². The number of piperidine rings is 1. The Balaban J connectivity index is 1.69. The lowest BCUT2D eigenvalue weighted by atomic mass is 10.0. The van der Waals surface area contributed by atoms with E-state index in [4.69, 9.17) is 16.6 Å². The largest absolute Gasteiger partial charge is 0.467 e. The molecule has 4 nitrogen and oxygen atoms in total. The molecule has 1 aliphatic rings. The Kier molecular flexibility index (Phi) is 6.91. The number of hydrogen-bond donors (Lipinski definition) is 2. The minimum absolute atomic E-state index is 0.451. The van der Waals surface area contributed by atoms with Gasteiger partial charge in [-0.25, -0.2) is 0 Å². The fourth-order valence-electron chi connectivity index (χ4n) is 3.82. The van der Waals surface area contributed by atoms with Crippen molar-refractivity contribution < 1.29 is 9.32 Å². The van der Waals surface area contributed by atoms with Crippen LogP contribution < -0.4 is 10.2 Å². The van der Waals surface area contributed by atoms with E-state index in [1.807, 2.05) is 12.1 Å². The maximum atomic E-state index is 5.82. The molecule has 3 rings (SSSR count). The van der Waals surface area contributed by atoms with Crippen LogP contribution in [0.2, 0.25) is 0 Å². The van der Waals surface area contributed by atoms with Crippen molar-refractivity contribution in [2.45, 2.75) is 58.7 Å². The Labute approximate surface area is 168 Å². The maximum Gasteiger partial charge on any atom is 0.174 e. The number of furan rings is 1. The van der Waals surface area contributed by atoms with Gasteiger partial charge < -0.3 is 19.5 Å². The van der Waals surface area contributed by atoms with Crippen LogP contribution in [0.1, 0.15) is 44.9 Å². The first-order valence-corrected chi connectivity index (χ1v) is 10.5. The first kappa shape index (κ1) is 19.9. The third kappa shape index (κ3) is 5.33. The van der Waals surface area contributed by atoms with Gasteiger partial charge in [-0.3, -0.25) is 0 Å². The van der Waals surface area contributed by atoms with Crippen molar-refractivity contribution in [3.8, 4) is 0 Å². The second-order valence-electron chi connectivity index (χ2n) is 7.73. The predicted octanol–water partition coefficient (Wildman–Crippen LogP) is 3.50. The molecule has 1 aromatic heterocycles. The summed E-state index contributed by atoms with van der Waals surface area (Å²) in [6.45, 7) is 9.90. The van der Waals surface area contributed by atoms with Crippen LogP contribution in [0.5, 0.6) is 0 Å². The molecule has 0 radical (unpaired) electrons. The molecule has 2 N–H and O–H groups in total. The Morgan fingerprint density at radius 2 is 1.93 bits per heavy atom. The average Bonchev–Trinajstić information content (AvgIpc) is 3.20. The maximum absolute atomic E-state index is 5.82. The van der Waals surface area contributed by atoms with E-state index < -0.39 is 0 Å². The standard InChI is InChI=1S/C22H31N3OS/c1-4-18-7-9-19(10-8-18)23-22(27)25(16-21-6-5-15-26-21)20-11-13-24(14-12-20)17(2)3/h5-10,15,17,20H,4,11-14,16H2,1-3H3,(H,23,27)/p+1. The summed E-state index contributed by atoms with van der Waals surface area (Å²) in [6.07, 6.45) is 5.10. The second-order valence-corrected chi connectivity index (χ2v) is 8.12. The number of likely N-dealkylation sites (tertiary alicyclic amines) is 1. The fraction of sp³-hybridized carbons (Fsp3) is 0.500. The summed E-state index contributed by atoms with van der Waals surface area (Å²) in [5.41, 5.74) is 2.38. The van der Waals surface area contributed by atoms with E-state index in [1.165, 1.54) is 18.7 Å². The fourth-order valence-corrected chi connectivity index (χ4v) is 4.15. The predicted molar refractivity (Wildman–Crippen MR) is 115 cm³/mol. The summed E-state index contributed by atoms with van der Waals surface area (Å²) in [7, 11) is 0. The van der Waals surface area contributed by atoms with Gasteiger partial charge in [-0.15, -0.1) is 0 Å². The topological polar surface area (TPSA) is 32.9 Å². The van der Waals surface area contributed by atoms with Gasteiger partial charge in [-0.1, -0.05) is 19.1 Å². The molecule has 0 atom stereocenters. The van der Waals surface area contributed by atoms with Gasteiger partial charge in [0.05, 0.1) is 31.9 Å². The van der Waals surface area contributed by atoms with Crippen molar-refractivity contribution in [1.29, 1.82) is 0 Å². The molecule has 1 aliphatic heterocycles. The number of anilines is 1. The molecule has 1 saturated heterocycles. The highest BCUT2D eigenvalue weighted by Crippen LogP contribution is 2.18. The molecule has 2 heterocycles. The average molecular weight is 387 g/mol. The van der Waals surface area contributed by atoms with Crippen LogP contribution >= 0.6 is 12.2 Å². The molecule has 0 amide bonds. The summed E-state index contributed by atoms with van der Waals surface area (Å²) in [6, 6.07) is 13.7. The number of rotatable bonds is 6. The van der Waals surface area contributed by atoms with Gasteiger partial charge in [0.1, 0.15) is 5.76 Å². The Morgan fingerprint density at radius 3 is 2.48 bits per heavy atom. The molecule has 0 aliphatic carbocycles. The highest BCUT2D eigenvalue weighted by atomic mass is 32.1.